The summed E-state index contributed by atoms with van der Waals surface area (Å²) in [7, 11) is 0. The molecule has 0 aromatic carbocycles. The summed E-state index contributed by atoms with van der Waals surface area (Å²) in [5.41, 5.74) is 1.41. The molecule has 2 rings (SSSR count). The Morgan fingerprint density at radius 3 is 2.39 bits per heavy atom. The lowest BCUT2D eigenvalue weighted by atomic mass is 10.1. The molecule has 0 aliphatic carbocycles. The second-order valence-electron chi connectivity index (χ2n) is 10.7. The van der Waals surface area contributed by atoms with Crippen LogP contribution in [-0.4, -0.2) is 51.2 Å². The van der Waals surface area contributed by atoms with Crippen LogP contribution in [0.4, 0.5) is 21.7 Å². The molecule has 0 saturated heterocycles. The Kier molecular flexibility index (Phi) is 10.8. The van der Waals surface area contributed by atoms with Crippen molar-refractivity contribution in [1.82, 2.24) is 20.6 Å². The molecular formula is C28H41FN6O3. The van der Waals surface area contributed by atoms with E-state index in [1.54, 1.807) is 51.1 Å². The largest absolute Gasteiger partial charge is 0.390 e. The number of carbonyl (C=O) groups excluding carboxylic acids is 2. The van der Waals surface area contributed by atoms with Crippen molar-refractivity contribution in [2.45, 2.75) is 79.2 Å². The van der Waals surface area contributed by atoms with Crippen LogP contribution >= 0.6 is 0 Å². The number of aromatic nitrogens is 2. The van der Waals surface area contributed by atoms with Crippen molar-refractivity contribution in [3.8, 4) is 0 Å². The van der Waals surface area contributed by atoms with Crippen molar-refractivity contribution in [2.75, 3.05) is 16.8 Å². The average Bonchev–Trinajstić information content (AvgIpc) is 2.81. The maximum Gasteiger partial charge on any atom is 0.255 e. The summed E-state index contributed by atoms with van der Waals surface area (Å²) < 4.78 is 14.0. The van der Waals surface area contributed by atoms with Crippen LogP contribution in [-0.2, 0) is 11.3 Å². The molecule has 208 valence electrons. The minimum Gasteiger partial charge on any atom is -0.390 e. The molecule has 1 atom stereocenters. The minimum absolute atomic E-state index is 0.000253. The Labute approximate surface area is 224 Å². The Morgan fingerprint density at radius 1 is 1.16 bits per heavy atom. The van der Waals surface area contributed by atoms with Gasteiger partial charge in [-0.1, -0.05) is 20.4 Å². The maximum absolute atomic E-state index is 14.0. The van der Waals surface area contributed by atoms with Crippen molar-refractivity contribution in [2.24, 2.45) is 5.92 Å². The molecule has 10 heteroatoms. The normalized spacial score (nSPS) is 12.3. The van der Waals surface area contributed by atoms with Gasteiger partial charge in [-0.2, -0.15) is 0 Å². The molecule has 0 aliphatic rings. The second kappa shape index (κ2) is 13.3. The number of hydrogen-bond acceptors (Lipinski definition) is 7. The predicted molar refractivity (Wildman–Crippen MR) is 149 cm³/mol. The molecule has 2 heterocycles. The van der Waals surface area contributed by atoms with Crippen molar-refractivity contribution in [3.05, 3.63) is 54.0 Å². The van der Waals surface area contributed by atoms with Crippen molar-refractivity contribution in [1.29, 1.82) is 0 Å². The molecule has 0 saturated carbocycles. The first-order valence-electron chi connectivity index (χ1n) is 12.8. The van der Waals surface area contributed by atoms with Gasteiger partial charge in [0.15, 0.2) is 0 Å². The van der Waals surface area contributed by atoms with Gasteiger partial charge in [0, 0.05) is 43.8 Å². The fourth-order valence-electron chi connectivity index (χ4n) is 3.63. The van der Waals surface area contributed by atoms with Crippen LogP contribution in [0.15, 0.2) is 37.3 Å². The van der Waals surface area contributed by atoms with Crippen LogP contribution in [0.25, 0.3) is 0 Å². The Hall–Kier alpha value is -3.53. The number of alkyl halides is 1. The highest BCUT2D eigenvalue weighted by atomic mass is 19.1. The molecule has 0 spiro atoms. The average molecular weight is 529 g/mol. The van der Waals surface area contributed by atoms with Crippen LogP contribution < -0.4 is 20.9 Å². The standard InChI is InChI=1S/C28H41FN6O3/c1-9-35(26-19(6)10-20(14-32-26)13-31-25(36)12-28(7,8)38)24-11-23(34-18(4)5)21(15-30-24)27(37)33-16-22(29)17(2)3/h9-11,14-15,17-18,22,38H,1,12-13,16H2,2-8H3,(H,30,34)(H,31,36)(H,33,37). The quantitative estimate of drug-likeness (QED) is 0.304. The minimum atomic E-state index is -1.14. The lowest BCUT2D eigenvalue weighted by molar-refractivity contribution is -0.125. The van der Waals surface area contributed by atoms with E-state index in [1.807, 2.05) is 26.8 Å². The van der Waals surface area contributed by atoms with Gasteiger partial charge in [0.25, 0.3) is 5.91 Å². The van der Waals surface area contributed by atoms with Crippen LogP contribution in [0.1, 0.15) is 69.4 Å². The fraction of sp³-hybridized carbons (Fsp3) is 0.500. The highest BCUT2D eigenvalue weighted by Gasteiger charge is 2.21. The monoisotopic (exact) mass is 528 g/mol. The van der Waals surface area contributed by atoms with Crippen molar-refractivity contribution in [3.63, 3.8) is 0 Å². The lowest BCUT2D eigenvalue weighted by Crippen LogP contribution is -2.33. The van der Waals surface area contributed by atoms with Gasteiger partial charge in [-0.25, -0.2) is 14.4 Å². The molecule has 4 N–H and O–H groups in total. The van der Waals surface area contributed by atoms with Crippen molar-refractivity contribution < 1.29 is 19.1 Å². The molecular weight excluding hydrogens is 487 g/mol. The summed E-state index contributed by atoms with van der Waals surface area (Å²) in [6.07, 6.45) is 3.55. The first kappa shape index (κ1) is 30.7. The van der Waals surface area contributed by atoms with E-state index in [0.29, 0.717) is 22.9 Å². The number of halogens is 1. The summed E-state index contributed by atoms with van der Waals surface area (Å²) in [6.45, 7) is 16.6. The first-order valence-corrected chi connectivity index (χ1v) is 12.8. The number of amides is 2. The van der Waals surface area contributed by atoms with Gasteiger partial charge in [0.1, 0.15) is 17.8 Å². The number of aliphatic hydroxyl groups is 1. The number of carbonyl (C=O) groups is 2. The molecule has 1 unspecified atom stereocenters. The topological polar surface area (TPSA) is 119 Å². The van der Waals surface area contributed by atoms with Gasteiger partial charge in [0.2, 0.25) is 5.91 Å². The third-order valence-corrected chi connectivity index (χ3v) is 5.61. The Balaban J connectivity index is 2.27. The Bertz CT molecular complexity index is 1130. The number of rotatable bonds is 13. The van der Waals surface area contributed by atoms with E-state index in [9.17, 15) is 19.1 Å². The Morgan fingerprint density at radius 2 is 1.84 bits per heavy atom. The number of pyridine rings is 2. The number of nitrogens with zero attached hydrogens (tertiary/aromatic N) is 3. The molecule has 0 radical (unpaired) electrons. The third-order valence-electron chi connectivity index (χ3n) is 5.61. The number of anilines is 3. The van der Waals surface area contributed by atoms with E-state index in [2.05, 4.69) is 32.5 Å². The van der Waals surface area contributed by atoms with Crippen molar-refractivity contribution >= 4 is 29.1 Å². The van der Waals surface area contributed by atoms with Gasteiger partial charge in [-0.15, -0.1) is 0 Å². The molecule has 2 amide bonds. The van der Waals surface area contributed by atoms with Gasteiger partial charge >= 0.3 is 0 Å². The number of aryl methyl sites for hydroxylation is 1. The zero-order chi connectivity index (χ0) is 28.6. The second-order valence-corrected chi connectivity index (χ2v) is 10.7. The van der Waals surface area contributed by atoms with Crippen LogP contribution in [0.2, 0.25) is 0 Å². The molecule has 0 aliphatic heterocycles. The molecule has 0 fully saturated rings. The van der Waals surface area contributed by atoms with Gasteiger partial charge in [-0.05, 0) is 57.7 Å². The van der Waals surface area contributed by atoms with E-state index in [4.69, 9.17) is 0 Å². The summed E-state index contributed by atoms with van der Waals surface area (Å²) in [5.74, 6) is 0.218. The first-order chi connectivity index (χ1) is 17.7. The van der Waals surface area contributed by atoms with E-state index < -0.39 is 17.7 Å². The summed E-state index contributed by atoms with van der Waals surface area (Å²) >= 11 is 0. The molecule has 9 nitrogen and oxygen atoms in total. The lowest BCUT2D eigenvalue weighted by Gasteiger charge is -2.23. The highest BCUT2D eigenvalue weighted by molar-refractivity contribution is 6.00. The maximum atomic E-state index is 14.0. The van der Waals surface area contributed by atoms with Crippen LogP contribution in [0.5, 0.6) is 0 Å². The van der Waals surface area contributed by atoms with Gasteiger partial charge < -0.3 is 21.1 Å². The van der Waals surface area contributed by atoms with E-state index >= 15 is 0 Å². The number of hydrogen-bond donors (Lipinski definition) is 4. The molecule has 2 aromatic heterocycles. The zero-order valence-electron chi connectivity index (χ0n) is 23.4. The molecule has 38 heavy (non-hydrogen) atoms. The SMILES string of the molecule is C=CN(c1cc(NC(C)C)c(C(=O)NCC(F)C(C)C)cn1)c1ncc(CNC(=O)CC(C)(C)O)cc1C. The smallest absolute Gasteiger partial charge is 0.255 e. The van der Waals surface area contributed by atoms with E-state index in [0.717, 1.165) is 11.1 Å². The predicted octanol–water partition coefficient (Wildman–Crippen LogP) is 4.39. The summed E-state index contributed by atoms with van der Waals surface area (Å²) in [6, 6.07) is 3.67. The summed E-state index contributed by atoms with van der Waals surface area (Å²) in [5, 5.41) is 18.5. The highest BCUT2D eigenvalue weighted by Crippen LogP contribution is 2.29. The summed E-state index contributed by atoms with van der Waals surface area (Å²) in [4.78, 5) is 35.6. The van der Waals surface area contributed by atoms with E-state index in [-0.39, 0.29) is 37.4 Å². The fourth-order valence-corrected chi connectivity index (χ4v) is 3.63. The van der Waals surface area contributed by atoms with Crippen LogP contribution in [0, 0.1) is 12.8 Å². The third kappa shape index (κ3) is 9.09. The van der Waals surface area contributed by atoms with Gasteiger partial charge in [-0.3, -0.25) is 14.5 Å². The molecule has 2 aromatic rings. The van der Waals surface area contributed by atoms with E-state index in [1.165, 1.54) is 6.20 Å². The zero-order valence-corrected chi connectivity index (χ0v) is 23.4. The molecule has 0 bridgehead atoms. The van der Waals surface area contributed by atoms with Crippen LogP contribution in [0.3, 0.4) is 0 Å². The van der Waals surface area contributed by atoms with Gasteiger partial charge in [0.05, 0.1) is 23.3 Å². The number of nitrogens with one attached hydrogen (secondary N) is 3.